The lowest BCUT2D eigenvalue weighted by atomic mass is 10.1. The van der Waals surface area contributed by atoms with Gasteiger partial charge in [-0.15, -0.1) is 0 Å². The predicted octanol–water partition coefficient (Wildman–Crippen LogP) is 0.375. The molecular formula is C9H16N2O2. The first-order valence-corrected chi connectivity index (χ1v) is 4.16. The van der Waals surface area contributed by atoms with Gasteiger partial charge >= 0.3 is 0 Å². The van der Waals surface area contributed by atoms with Crippen molar-refractivity contribution in [2.75, 3.05) is 13.6 Å². The fraction of sp³-hybridized carbons (Fsp3) is 0.778. The summed E-state index contributed by atoms with van der Waals surface area (Å²) in [6.07, 6.45) is 0. The van der Waals surface area contributed by atoms with Gasteiger partial charge in [0.1, 0.15) is 5.60 Å². The Hall–Kier alpha value is -1.08. The molecule has 0 bridgehead atoms. The minimum absolute atomic E-state index is 0.212. The Morgan fingerprint density at radius 3 is 2.46 bits per heavy atom. The number of likely N-dealkylation sites (N-methyl/N-ethyl adjacent to an activating group) is 1. The van der Waals surface area contributed by atoms with Crippen LogP contribution < -0.4 is 0 Å². The molecule has 74 valence electrons. The Bertz CT molecular complexity index is 225. The molecule has 0 aliphatic carbocycles. The van der Waals surface area contributed by atoms with E-state index in [9.17, 15) is 9.90 Å². The Morgan fingerprint density at radius 1 is 1.69 bits per heavy atom. The van der Waals surface area contributed by atoms with Gasteiger partial charge in [0.05, 0.1) is 12.0 Å². The van der Waals surface area contributed by atoms with E-state index < -0.39 is 5.60 Å². The van der Waals surface area contributed by atoms with E-state index in [0.717, 1.165) is 0 Å². The molecule has 0 aromatic heterocycles. The largest absolute Gasteiger partial charge is 0.381 e. The number of aliphatic hydroxyl groups is 1. The van der Waals surface area contributed by atoms with Gasteiger partial charge in [-0.25, -0.2) is 0 Å². The summed E-state index contributed by atoms with van der Waals surface area (Å²) >= 11 is 0. The van der Waals surface area contributed by atoms with E-state index in [1.165, 1.54) is 18.7 Å². The van der Waals surface area contributed by atoms with Crippen LogP contribution >= 0.6 is 0 Å². The van der Waals surface area contributed by atoms with E-state index >= 15 is 0 Å². The fourth-order valence-corrected chi connectivity index (χ4v) is 1.00. The van der Waals surface area contributed by atoms with E-state index in [0.29, 0.717) is 6.54 Å². The monoisotopic (exact) mass is 184 g/mol. The van der Waals surface area contributed by atoms with Crippen LogP contribution in [-0.4, -0.2) is 35.1 Å². The van der Waals surface area contributed by atoms with Crippen LogP contribution in [0.4, 0.5) is 0 Å². The second-order valence-electron chi connectivity index (χ2n) is 3.77. The third kappa shape index (κ3) is 3.90. The second-order valence-corrected chi connectivity index (χ2v) is 3.77. The molecule has 13 heavy (non-hydrogen) atoms. The van der Waals surface area contributed by atoms with Crippen LogP contribution in [0, 0.1) is 17.2 Å². The van der Waals surface area contributed by atoms with Crippen molar-refractivity contribution >= 4 is 5.91 Å². The first-order valence-electron chi connectivity index (χ1n) is 4.16. The lowest BCUT2D eigenvalue weighted by Gasteiger charge is -2.25. The van der Waals surface area contributed by atoms with Gasteiger partial charge in [-0.3, -0.25) is 4.79 Å². The molecule has 0 aliphatic rings. The molecule has 4 heteroatoms. The standard InChI is InChI=1S/C9H16N2O2/c1-7(5-10)6-11(4)8(12)9(2,3)13/h7,13H,6H2,1-4H3. The highest BCUT2D eigenvalue weighted by Gasteiger charge is 2.27. The van der Waals surface area contributed by atoms with Crippen LogP contribution in [0.25, 0.3) is 0 Å². The summed E-state index contributed by atoms with van der Waals surface area (Å²) < 4.78 is 0. The minimum atomic E-state index is -1.36. The minimum Gasteiger partial charge on any atom is -0.381 e. The number of amides is 1. The molecule has 1 amide bonds. The first kappa shape index (κ1) is 11.9. The van der Waals surface area contributed by atoms with Crippen molar-refractivity contribution in [3.63, 3.8) is 0 Å². The van der Waals surface area contributed by atoms with Crippen LogP contribution in [0.1, 0.15) is 20.8 Å². The van der Waals surface area contributed by atoms with E-state index in [1.807, 2.05) is 6.07 Å². The highest BCUT2D eigenvalue weighted by atomic mass is 16.3. The van der Waals surface area contributed by atoms with E-state index in [2.05, 4.69) is 0 Å². The quantitative estimate of drug-likeness (QED) is 0.689. The van der Waals surface area contributed by atoms with Crippen LogP contribution in [0.2, 0.25) is 0 Å². The normalized spacial score (nSPS) is 13.2. The molecule has 0 rings (SSSR count). The molecule has 0 radical (unpaired) electrons. The molecule has 0 saturated carbocycles. The topological polar surface area (TPSA) is 64.3 Å². The fourth-order valence-electron chi connectivity index (χ4n) is 1.00. The third-order valence-corrected chi connectivity index (χ3v) is 1.64. The number of nitrogens with zero attached hydrogens (tertiary/aromatic N) is 2. The van der Waals surface area contributed by atoms with Crippen molar-refractivity contribution in [3.05, 3.63) is 0 Å². The summed E-state index contributed by atoms with van der Waals surface area (Å²) in [4.78, 5) is 12.8. The molecule has 0 aliphatic heterocycles. The Labute approximate surface area is 78.8 Å². The summed E-state index contributed by atoms with van der Waals surface area (Å²) in [7, 11) is 1.58. The van der Waals surface area contributed by atoms with E-state index in [-0.39, 0.29) is 11.8 Å². The smallest absolute Gasteiger partial charge is 0.253 e. The average molecular weight is 184 g/mol. The Morgan fingerprint density at radius 2 is 2.15 bits per heavy atom. The highest BCUT2D eigenvalue weighted by Crippen LogP contribution is 2.07. The van der Waals surface area contributed by atoms with Crippen LogP contribution in [-0.2, 0) is 4.79 Å². The van der Waals surface area contributed by atoms with Gasteiger partial charge in [0.25, 0.3) is 5.91 Å². The molecule has 0 saturated heterocycles. The number of carbonyl (C=O) groups is 1. The maximum atomic E-state index is 11.4. The van der Waals surface area contributed by atoms with Gasteiger partial charge < -0.3 is 10.0 Å². The average Bonchev–Trinajstić information content (AvgIpc) is 2.01. The zero-order valence-corrected chi connectivity index (χ0v) is 8.53. The SMILES string of the molecule is CC(C#N)CN(C)C(=O)C(C)(C)O. The molecule has 0 spiro atoms. The maximum Gasteiger partial charge on any atom is 0.253 e. The van der Waals surface area contributed by atoms with Crippen molar-refractivity contribution in [2.45, 2.75) is 26.4 Å². The second kappa shape index (κ2) is 4.24. The predicted molar refractivity (Wildman–Crippen MR) is 48.7 cm³/mol. The molecule has 1 unspecified atom stereocenters. The van der Waals surface area contributed by atoms with Crippen molar-refractivity contribution < 1.29 is 9.90 Å². The molecule has 1 N–H and O–H groups in total. The summed E-state index contributed by atoms with van der Waals surface area (Å²) in [6, 6.07) is 2.03. The van der Waals surface area contributed by atoms with Gasteiger partial charge in [-0.05, 0) is 20.8 Å². The summed E-state index contributed by atoms with van der Waals surface area (Å²) in [5.74, 6) is -0.578. The van der Waals surface area contributed by atoms with Gasteiger partial charge in [-0.1, -0.05) is 0 Å². The van der Waals surface area contributed by atoms with Crippen molar-refractivity contribution in [1.82, 2.24) is 4.90 Å². The van der Waals surface area contributed by atoms with Crippen molar-refractivity contribution in [3.8, 4) is 6.07 Å². The first-order chi connectivity index (χ1) is 5.79. The van der Waals surface area contributed by atoms with Crippen LogP contribution in [0.3, 0.4) is 0 Å². The highest BCUT2D eigenvalue weighted by molar-refractivity contribution is 5.83. The van der Waals surface area contributed by atoms with Gasteiger partial charge in [0.2, 0.25) is 0 Å². The summed E-state index contributed by atoms with van der Waals surface area (Å²) in [6.45, 7) is 4.94. The third-order valence-electron chi connectivity index (χ3n) is 1.64. The number of hydrogen-bond donors (Lipinski definition) is 1. The van der Waals surface area contributed by atoms with Crippen LogP contribution in [0.15, 0.2) is 0 Å². The van der Waals surface area contributed by atoms with Crippen LogP contribution in [0.5, 0.6) is 0 Å². The molecule has 0 heterocycles. The molecule has 4 nitrogen and oxygen atoms in total. The molecule has 1 atom stereocenters. The zero-order valence-electron chi connectivity index (χ0n) is 8.53. The van der Waals surface area contributed by atoms with Crippen molar-refractivity contribution in [2.24, 2.45) is 5.92 Å². The van der Waals surface area contributed by atoms with E-state index in [1.54, 1.807) is 14.0 Å². The Balaban J connectivity index is 4.22. The zero-order chi connectivity index (χ0) is 10.6. The van der Waals surface area contributed by atoms with Gasteiger partial charge in [-0.2, -0.15) is 5.26 Å². The number of rotatable bonds is 3. The number of hydrogen-bond acceptors (Lipinski definition) is 3. The summed E-state index contributed by atoms with van der Waals surface area (Å²) in [5, 5.41) is 17.9. The lowest BCUT2D eigenvalue weighted by molar-refractivity contribution is -0.146. The molecule has 0 aromatic rings. The number of carbonyl (C=O) groups excluding carboxylic acids is 1. The van der Waals surface area contributed by atoms with Gasteiger partial charge in [0.15, 0.2) is 0 Å². The molecular weight excluding hydrogens is 168 g/mol. The Kier molecular flexibility index (Phi) is 3.89. The maximum absolute atomic E-state index is 11.4. The van der Waals surface area contributed by atoms with Gasteiger partial charge in [0, 0.05) is 13.6 Å². The molecule has 0 fully saturated rings. The van der Waals surface area contributed by atoms with Crippen molar-refractivity contribution in [1.29, 1.82) is 5.26 Å². The molecule has 0 aromatic carbocycles. The van der Waals surface area contributed by atoms with E-state index in [4.69, 9.17) is 5.26 Å². The lowest BCUT2D eigenvalue weighted by Crippen LogP contribution is -2.44. The number of nitriles is 1. The summed E-state index contributed by atoms with van der Waals surface area (Å²) in [5.41, 5.74) is -1.36.